The Hall–Kier alpha value is -1.58. The summed E-state index contributed by atoms with van der Waals surface area (Å²) in [4.78, 5) is 21.8. The minimum atomic E-state index is -0.126. The Bertz CT molecular complexity index is 354. The highest BCUT2D eigenvalue weighted by molar-refractivity contribution is 5.83. The number of ketones is 1. The van der Waals surface area contributed by atoms with E-state index in [0.29, 0.717) is 13.0 Å². The number of amides is 1. The van der Waals surface area contributed by atoms with E-state index < -0.39 is 0 Å². The van der Waals surface area contributed by atoms with Gasteiger partial charge in [0.1, 0.15) is 17.3 Å². The van der Waals surface area contributed by atoms with Crippen molar-refractivity contribution in [2.75, 3.05) is 0 Å². The summed E-state index contributed by atoms with van der Waals surface area (Å²) in [5, 5.41) is 2.68. The maximum Gasteiger partial charge on any atom is 0.220 e. The maximum atomic E-state index is 11.2. The topological polar surface area (TPSA) is 59.3 Å². The molecule has 15 heavy (non-hydrogen) atoms. The van der Waals surface area contributed by atoms with E-state index >= 15 is 0 Å². The monoisotopic (exact) mass is 209 g/mol. The van der Waals surface area contributed by atoms with Gasteiger partial charge in [0, 0.05) is 12.8 Å². The first-order valence-electron chi connectivity index (χ1n) is 4.89. The predicted molar refractivity (Wildman–Crippen MR) is 55.2 cm³/mol. The van der Waals surface area contributed by atoms with E-state index in [1.807, 2.05) is 19.1 Å². The highest BCUT2D eigenvalue weighted by Crippen LogP contribution is 2.05. The van der Waals surface area contributed by atoms with Crippen molar-refractivity contribution in [3.05, 3.63) is 23.7 Å². The van der Waals surface area contributed by atoms with Gasteiger partial charge in [0.25, 0.3) is 0 Å². The van der Waals surface area contributed by atoms with Gasteiger partial charge in [-0.3, -0.25) is 4.79 Å². The number of nitrogens with one attached hydrogen (secondary N) is 1. The summed E-state index contributed by atoms with van der Waals surface area (Å²) in [7, 11) is 0. The first-order valence-corrected chi connectivity index (χ1v) is 4.89. The van der Waals surface area contributed by atoms with Gasteiger partial charge in [-0.05, 0) is 26.0 Å². The van der Waals surface area contributed by atoms with E-state index in [1.54, 1.807) is 0 Å². The molecule has 0 fully saturated rings. The second-order valence-electron chi connectivity index (χ2n) is 3.49. The highest BCUT2D eigenvalue weighted by Gasteiger charge is 2.04. The molecular weight excluding hydrogens is 194 g/mol. The van der Waals surface area contributed by atoms with Crippen LogP contribution in [-0.2, 0) is 16.1 Å². The Balaban J connectivity index is 2.25. The van der Waals surface area contributed by atoms with Gasteiger partial charge in [-0.2, -0.15) is 0 Å². The third-order valence-corrected chi connectivity index (χ3v) is 1.96. The van der Waals surface area contributed by atoms with Gasteiger partial charge < -0.3 is 14.5 Å². The molecule has 1 N–H and O–H groups in total. The molecule has 4 heteroatoms. The van der Waals surface area contributed by atoms with Gasteiger partial charge in [-0.1, -0.05) is 0 Å². The van der Waals surface area contributed by atoms with Gasteiger partial charge in [0.2, 0.25) is 5.91 Å². The molecule has 0 radical (unpaired) electrons. The number of furan rings is 1. The lowest BCUT2D eigenvalue weighted by atomic mass is 10.2. The van der Waals surface area contributed by atoms with E-state index in [2.05, 4.69) is 5.32 Å². The maximum absolute atomic E-state index is 11.2. The van der Waals surface area contributed by atoms with Crippen LogP contribution in [0.5, 0.6) is 0 Å². The van der Waals surface area contributed by atoms with Gasteiger partial charge >= 0.3 is 0 Å². The molecule has 1 aromatic rings. The van der Waals surface area contributed by atoms with E-state index in [4.69, 9.17) is 4.42 Å². The fraction of sp³-hybridized carbons (Fsp3) is 0.455. The molecule has 1 aromatic heterocycles. The summed E-state index contributed by atoms with van der Waals surface area (Å²) in [5.41, 5.74) is 0. The van der Waals surface area contributed by atoms with Crippen molar-refractivity contribution in [3.63, 3.8) is 0 Å². The second kappa shape index (κ2) is 5.34. The van der Waals surface area contributed by atoms with Crippen LogP contribution in [-0.4, -0.2) is 11.7 Å². The number of Topliss-reactive ketones (excluding diaryl/α,β-unsaturated/α-hetero) is 1. The van der Waals surface area contributed by atoms with Crippen molar-refractivity contribution in [2.45, 2.75) is 33.2 Å². The lowest BCUT2D eigenvalue weighted by molar-refractivity contribution is -0.124. The molecule has 0 saturated carbocycles. The fourth-order valence-electron chi connectivity index (χ4n) is 1.14. The van der Waals surface area contributed by atoms with Crippen molar-refractivity contribution in [3.8, 4) is 0 Å². The van der Waals surface area contributed by atoms with Gasteiger partial charge in [0.05, 0.1) is 6.54 Å². The van der Waals surface area contributed by atoms with Crippen LogP contribution in [0.4, 0.5) is 0 Å². The summed E-state index contributed by atoms with van der Waals surface area (Å²) in [6, 6.07) is 3.66. The van der Waals surface area contributed by atoms with E-state index in [9.17, 15) is 9.59 Å². The summed E-state index contributed by atoms with van der Waals surface area (Å²) in [5.74, 6) is 1.45. The molecule has 0 aromatic carbocycles. The van der Waals surface area contributed by atoms with Crippen LogP contribution in [0.2, 0.25) is 0 Å². The molecule has 0 unspecified atom stereocenters. The summed E-state index contributed by atoms with van der Waals surface area (Å²) < 4.78 is 5.28. The quantitative estimate of drug-likeness (QED) is 0.800. The molecule has 0 aliphatic rings. The van der Waals surface area contributed by atoms with E-state index in [1.165, 1.54) is 6.92 Å². The molecule has 0 atom stereocenters. The average molecular weight is 209 g/mol. The number of carbonyl (C=O) groups excluding carboxylic acids is 2. The van der Waals surface area contributed by atoms with Crippen LogP contribution in [0.15, 0.2) is 16.5 Å². The summed E-state index contributed by atoms with van der Waals surface area (Å²) >= 11 is 0. The first kappa shape index (κ1) is 11.5. The Morgan fingerprint density at radius 3 is 2.60 bits per heavy atom. The molecule has 1 rings (SSSR count). The molecule has 0 bridgehead atoms. The number of rotatable bonds is 5. The molecule has 1 amide bonds. The normalized spacial score (nSPS) is 10.0. The van der Waals surface area contributed by atoms with Crippen LogP contribution in [0, 0.1) is 6.92 Å². The van der Waals surface area contributed by atoms with E-state index in [0.717, 1.165) is 11.5 Å². The van der Waals surface area contributed by atoms with Crippen molar-refractivity contribution in [2.24, 2.45) is 0 Å². The standard InChI is InChI=1S/C11H15NO3/c1-8(13)3-6-11(14)12-7-10-5-4-9(2)15-10/h4-5H,3,6-7H2,1-2H3,(H,12,14). The molecule has 0 spiro atoms. The zero-order valence-corrected chi connectivity index (χ0v) is 9.00. The van der Waals surface area contributed by atoms with Crippen LogP contribution < -0.4 is 5.32 Å². The fourth-order valence-corrected chi connectivity index (χ4v) is 1.14. The minimum Gasteiger partial charge on any atom is -0.465 e. The zero-order valence-electron chi connectivity index (χ0n) is 9.00. The Morgan fingerprint density at radius 2 is 2.07 bits per heavy atom. The molecular formula is C11H15NO3. The Labute approximate surface area is 88.7 Å². The van der Waals surface area contributed by atoms with Gasteiger partial charge in [-0.15, -0.1) is 0 Å². The number of carbonyl (C=O) groups is 2. The molecule has 1 heterocycles. The third-order valence-electron chi connectivity index (χ3n) is 1.96. The van der Waals surface area contributed by atoms with Crippen molar-refractivity contribution < 1.29 is 14.0 Å². The Kier molecular flexibility index (Phi) is 4.09. The number of hydrogen-bond donors (Lipinski definition) is 1. The molecule has 4 nitrogen and oxygen atoms in total. The molecule has 82 valence electrons. The average Bonchev–Trinajstić information content (AvgIpc) is 2.58. The molecule has 0 aliphatic carbocycles. The smallest absolute Gasteiger partial charge is 0.220 e. The lowest BCUT2D eigenvalue weighted by Gasteiger charge is -2.01. The van der Waals surface area contributed by atoms with Crippen LogP contribution >= 0.6 is 0 Å². The highest BCUT2D eigenvalue weighted by atomic mass is 16.3. The van der Waals surface area contributed by atoms with E-state index in [-0.39, 0.29) is 18.1 Å². The summed E-state index contributed by atoms with van der Waals surface area (Å²) in [6.07, 6.45) is 0.540. The van der Waals surface area contributed by atoms with Crippen molar-refractivity contribution >= 4 is 11.7 Å². The number of hydrogen-bond acceptors (Lipinski definition) is 3. The lowest BCUT2D eigenvalue weighted by Crippen LogP contribution is -2.22. The number of aryl methyl sites for hydroxylation is 1. The zero-order chi connectivity index (χ0) is 11.3. The largest absolute Gasteiger partial charge is 0.465 e. The first-order chi connectivity index (χ1) is 7.08. The van der Waals surface area contributed by atoms with Crippen LogP contribution in [0.25, 0.3) is 0 Å². The van der Waals surface area contributed by atoms with Crippen molar-refractivity contribution in [1.29, 1.82) is 0 Å². The van der Waals surface area contributed by atoms with Gasteiger partial charge in [0.15, 0.2) is 0 Å². The van der Waals surface area contributed by atoms with Gasteiger partial charge in [-0.25, -0.2) is 0 Å². The minimum absolute atomic E-state index is 0.0268. The molecule has 0 aliphatic heterocycles. The third kappa shape index (κ3) is 4.44. The van der Waals surface area contributed by atoms with Crippen LogP contribution in [0.1, 0.15) is 31.3 Å². The second-order valence-corrected chi connectivity index (χ2v) is 3.49. The van der Waals surface area contributed by atoms with Crippen molar-refractivity contribution in [1.82, 2.24) is 5.32 Å². The predicted octanol–water partition coefficient (Wildman–Crippen LogP) is 1.57. The van der Waals surface area contributed by atoms with Crippen LogP contribution in [0.3, 0.4) is 0 Å². The summed E-state index contributed by atoms with van der Waals surface area (Å²) in [6.45, 7) is 3.70. The SMILES string of the molecule is CC(=O)CCC(=O)NCc1ccc(C)o1. The Morgan fingerprint density at radius 1 is 1.33 bits per heavy atom. The molecule has 0 saturated heterocycles.